The fourth-order valence-electron chi connectivity index (χ4n) is 3.11. The number of azo groups is 1. The van der Waals surface area contributed by atoms with E-state index in [9.17, 15) is 9.90 Å². The summed E-state index contributed by atoms with van der Waals surface area (Å²) in [7, 11) is 0. The number of ether oxygens (including phenoxy) is 3. The molecule has 7 heteroatoms. The molecule has 0 bridgehead atoms. The van der Waals surface area contributed by atoms with Crippen molar-refractivity contribution < 1.29 is 24.1 Å². The van der Waals surface area contributed by atoms with Gasteiger partial charge in [-0.05, 0) is 74.0 Å². The second-order valence-electron chi connectivity index (χ2n) is 7.60. The maximum atomic E-state index is 12.3. The summed E-state index contributed by atoms with van der Waals surface area (Å²) < 4.78 is 16.4. The summed E-state index contributed by atoms with van der Waals surface area (Å²) in [5.74, 6) is 0.987. The number of carbonyl (C=O) groups excluding carboxylic acids is 1. The summed E-state index contributed by atoms with van der Waals surface area (Å²) in [6.45, 7) is 5.32. The van der Waals surface area contributed by atoms with Gasteiger partial charge in [-0.15, -0.1) is 5.11 Å². The average Bonchev–Trinajstić information content (AvgIpc) is 2.85. The van der Waals surface area contributed by atoms with Gasteiger partial charge in [-0.25, -0.2) is 4.79 Å². The van der Waals surface area contributed by atoms with Crippen LogP contribution in [0.5, 0.6) is 23.0 Å². The molecule has 0 aliphatic heterocycles. The molecule has 1 N–H and O–H groups in total. The molecule has 178 valence electrons. The molecule has 0 aromatic heterocycles. The number of nitrogens with zero attached hydrogens (tertiary/aromatic N) is 2. The Labute approximate surface area is 200 Å². The summed E-state index contributed by atoms with van der Waals surface area (Å²) in [5.41, 5.74) is 1.26. The molecular weight excluding hydrogens is 432 g/mol. The number of benzene rings is 3. The molecule has 3 rings (SSSR count). The van der Waals surface area contributed by atoms with E-state index in [1.54, 1.807) is 42.5 Å². The minimum Gasteiger partial charge on any atom is -0.505 e. The first-order valence-corrected chi connectivity index (χ1v) is 11.5. The normalized spacial score (nSPS) is 10.9. The minimum absolute atomic E-state index is 0.146. The molecule has 0 spiro atoms. The Bertz CT molecular complexity index is 1080. The number of esters is 1. The largest absolute Gasteiger partial charge is 0.505 e. The molecule has 0 saturated heterocycles. The average molecular weight is 463 g/mol. The predicted octanol–water partition coefficient (Wildman–Crippen LogP) is 7.38. The summed E-state index contributed by atoms with van der Waals surface area (Å²) in [6, 6.07) is 18.4. The van der Waals surface area contributed by atoms with Crippen molar-refractivity contribution in [3.8, 4) is 23.0 Å². The maximum Gasteiger partial charge on any atom is 0.343 e. The van der Waals surface area contributed by atoms with Gasteiger partial charge in [0, 0.05) is 6.07 Å². The lowest BCUT2D eigenvalue weighted by molar-refractivity contribution is 0.0734. The lowest BCUT2D eigenvalue weighted by atomic mass is 10.2. The van der Waals surface area contributed by atoms with Crippen molar-refractivity contribution in [2.75, 3.05) is 13.2 Å². The van der Waals surface area contributed by atoms with Gasteiger partial charge < -0.3 is 19.3 Å². The van der Waals surface area contributed by atoms with Gasteiger partial charge in [-0.1, -0.05) is 26.2 Å². The lowest BCUT2D eigenvalue weighted by Gasteiger charge is -2.07. The standard InChI is InChI=1S/C27H30N2O5/c1-3-5-6-7-18-33-23-14-10-21(11-15-23)28-29-25-17-16-24(19-26(25)30)34-27(31)20-8-12-22(13-9-20)32-4-2/h8-17,19,30H,3-7,18H2,1-2H3. The third kappa shape index (κ3) is 7.62. The second-order valence-corrected chi connectivity index (χ2v) is 7.60. The van der Waals surface area contributed by atoms with Crippen LogP contribution < -0.4 is 14.2 Å². The zero-order valence-corrected chi connectivity index (χ0v) is 19.6. The number of carbonyl (C=O) groups is 1. The van der Waals surface area contributed by atoms with Gasteiger partial charge in [0.1, 0.15) is 28.7 Å². The van der Waals surface area contributed by atoms with E-state index in [4.69, 9.17) is 14.2 Å². The van der Waals surface area contributed by atoms with Gasteiger partial charge in [-0.2, -0.15) is 5.11 Å². The van der Waals surface area contributed by atoms with Crippen LogP contribution in [0.2, 0.25) is 0 Å². The van der Waals surface area contributed by atoms with E-state index in [-0.39, 0.29) is 17.2 Å². The first-order valence-electron chi connectivity index (χ1n) is 11.5. The SMILES string of the molecule is CCCCCCOc1ccc(N=Nc2ccc(OC(=O)c3ccc(OCC)cc3)cc2O)cc1. The zero-order chi connectivity index (χ0) is 24.2. The quantitative estimate of drug-likeness (QED) is 0.131. The number of aromatic hydroxyl groups is 1. The Balaban J connectivity index is 1.54. The van der Waals surface area contributed by atoms with Crippen LogP contribution in [0, 0.1) is 0 Å². The van der Waals surface area contributed by atoms with E-state index in [1.165, 1.54) is 31.4 Å². The van der Waals surface area contributed by atoms with Crippen LogP contribution in [0.1, 0.15) is 49.9 Å². The Kier molecular flexibility index (Phi) is 9.46. The van der Waals surface area contributed by atoms with Crippen LogP contribution in [0.4, 0.5) is 11.4 Å². The van der Waals surface area contributed by atoms with E-state index < -0.39 is 5.97 Å². The number of hydrogen-bond acceptors (Lipinski definition) is 7. The van der Waals surface area contributed by atoms with Crippen LogP contribution in [0.15, 0.2) is 77.0 Å². The van der Waals surface area contributed by atoms with Crippen molar-refractivity contribution in [1.29, 1.82) is 0 Å². The highest BCUT2D eigenvalue weighted by atomic mass is 16.5. The van der Waals surface area contributed by atoms with E-state index in [0.717, 1.165) is 12.2 Å². The first kappa shape index (κ1) is 24.8. The predicted molar refractivity (Wildman–Crippen MR) is 131 cm³/mol. The number of unbranched alkanes of at least 4 members (excludes halogenated alkanes) is 3. The molecule has 0 atom stereocenters. The molecular formula is C27H30N2O5. The van der Waals surface area contributed by atoms with Crippen molar-refractivity contribution in [2.45, 2.75) is 39.5 Å². The molecule has 34 heavy (non-hydrogen) atoms. The van der Waals surface area contributed by atoms with Crippen molar-refractivity contribution in [2.24, 2.45) is 10.2 Å². The summed E-state index contributed by atoms with van der Waals surface area (Å²) in [5, 5.41) is 18.5. The Morgan fingerprint density at radius 3 is 2.15 bits per heavy atom. The lowest BCUT2D eigenvalue weighted by Crippen LogP contribution is -2.08. The molecule has 0 amide bonds. The van der Waals surface area contributed by atoms with Crippen molar-refractivity contribution in [3.05, 3.63) is 72.3 Å². The first-order chi connectivity index (χ1) is 16.6. The smallest absolute Gasteiger partial charge is 0.343 e. The minimum atomic E-state index is -0.538. The Morgan fingerprint density at radius 1 is 0.794 bits per heavy atom. The van der Waals surface area contributed by atoms with Crippen LogP contribution in [-0.4, -0.2) is 24.3 Å². The second kappa shape index (κ2) is 13.0. The molecule has 0 fully saturated rings. The van der Waals surface area contributed by atoms with Crippen molar-refractivity contribution in [3.63, 3.8) is 0 Å². The van der Waals surface area contributed by atoms with E-state index in [2.05, 4.69) is 17.2 Å². The zero-order valence-electron chi connectivity index (χ0n) is 19.6. The highest BCUT2D eigenvalue weighted by Crippen LogP contribution is 2.32. The summed E-state index contributed by atoms with van der Waals surface area (Å²) in [4.78, 5) is 12.3. The fourth-order valence-corrected chi connectivity index (χ4v) is 3.11. The van der Waals surface area contributed by atoms with E-state index in [0.29, 0.717) is 30.2 Å². The van der Waals surface area contributed by atoms with E-state index >= 15 is 0 Å². The third-order valence-electron chi connectivity index (χ3n) is 4.93. The van der Waals surface area contributed by atoms with Gasteiger partial charge in [0.2, 0.25) is 0 Å². The van der Waals surface area contributed by atoms with Gasteiger partial charge in [0.15, 0.2) is 0 Å². The Hall–Kier alpha value is -3.87. The number of rotatable bonds is 12. The molecule has 7 nitrogen and oxygen atoms in total. The van der Waals surface area contributed by atoms with Crippen molar-refractivity contribution >= 4 is 17.3 Å². The molecule has 0 heterocycles. The number of phenolic OH excluding ortho intramolecular Hbond substituents is 1. The van der Waals surface area contributed by atoms with Crippen LogP contribution in [-0.2, 0) is 0 Å². The van der Waals surface area contributed by atoms with Gasteiger partial charge in [0.25, 0.3) is 0 Å². The molecule has 0 aliphatic rings. The van der Waals surface area contributed by atoms with Crippen LogP contribution in [0.25, 0.3) is 0 Å². The highest BCUT2D eigenvalue weighted by Gasteiger charge is 2.11. The van der Waals surface area contributed by atoms with Gasteiger partial charge >= 0.3 is 5.97 Å². The molecule has 0 aliphatic carbocycles. The number of hydrogen-bond donors (Lipinski definition) is 1. The third-order valence-corrected chi connectivity index (χ3v) is 4.93. The van der Waals surface area contributed by atoms with Gasteiger partial charge in [0.05, 0.1) is 24.5 Å². The number of phenols is 1. The highest BCUT2D eigenvalue weighted by molar-refractivity contribution is 5.91. The molecule has 0 saturated carbocycles. The molecule has 3 aromatic rings. The van der Waals surface area contributed by atoms with Crippen LogP contribution in [0.3, 0.4) is 0 Å². The van der Waals surface area contributed by atoms with Crippen molar-refractivity contribution in [1.82, 2.24) is 0 Å². The fraction of sp³-hybridized carbons (Fsp3) is 0.296. The summed E-state index contributed by atoms with van der Waals surface area (Å²) >= 11 is 0. The monoisotopic (exact) mass is 462 g/mol. The Morgan fingerprint density at radius 2 is 1.47 bits per heavy atom. The molecule has 3 aromatic carbocycles. The molecule has 0 unspecified atom stereocenters. The molecule has 0 radical (unpaired) electrons. The van der Waals surface area contributed by atoms with E-state index in [1.807, 2.05) is 19.1 Å². The topological polar surface area (TPSA) is 89.7 Å². The van der Waals surface area contributed by atoms with Gasteiger partial charge in [-0.3, -0.25) is 0 Å². The van der Waals surface area contributed by atoms with Crippen LogP contribution >= 0.6 is 0 Å². The summed E-state index contributed by atoms with van der Waals surface area (Å²) in [6.07, 6.45) is 4.64. The maximum absolute atomic E-state index is 12.3.